The Morgan fingerprint density at radius 3 is 2.68 bits per heavy atom. The predicted octanol–water partition coefficient (Wildman–Crippen LogP) is 3.00. The molecule has 0 spiro atoms. The number of pyridine rings is 1. The van der Waals surface area contributed by atoms with Gasteiger partial charge in [0.15, 0.2) is 0 Å². The Labute approximate surface area is 113 Å². The number of hydrogen-bond acceptors (Lipinski definition) is 2. The topological polar surface area (TPSA) is 33.2 Å². The van der Waals surface area contributed by atoms with E-state index in [1.165, 1.54) is 11.1 Å². The molecular formula is C12H12ClF3N2O. The number of aromatic nitrogens is 1. The van der Waals surface area contributed by atoms with Crippen molar-refractivity contribution in [1.82, 2.24) is 9.88 Å². The highest BCUT2D eigenvalue weighted by molar-refractivity contribution is 6.30. The smallest absolute Gasteiger partial charge is 0.341 e. The minimum absolute atomic E-state index is 0.112. The van der Waals surface area contributed by atoms with E-state index in [2.05, 4.69) is 4.98 Å². The maximum Gasteiger partial charge on any atom is 0.389 e. The molecule has 0 saturated carbocycles. The van der Waals surface area contributed by atoms with Crippen LogP contribution in [0, 0.1) is 0 Å². The lowest BCUT2D eigenvalue weighted by Crippen LogP contribution is -2.48. The molecule has 0 aliphatic carbocycles. The summed E-state index contributed by atoms with van der Waals surface area (Å²) in [5.41, 5.74) is 0.910. The van der Waals surface area contributed by atoms with E-state index < -0.39 is 24.9 Å². The van der Waals surface area contributed by atoms with E-state index in [0.29, 0.717) is 18.1 Å². The minimum Gasteiger partial charge on any atom is -0.341 e. The first-order valence-electron chi connectivity index (χ1n) is 5.80. The number of nitrogens with zero attached hydrogens (tertiary/aromatic N) is 2. The number of hydrogen-bond donors (Lipinski definition) is 0. The van der Waals surface area contributed by atoms with Crippen molar-refractivity contribution in [1.29, 1.82) is 0 Å². The van der Waals surface area contributed by atoms with Crippen molar-refractivity contribution in [3.8, 4) is 0 Å². The van der Waals surface area contributed by atoms with Crippen LogP contribution in [0.5, 0.6) is 0 Å². The Hall–Kier alpha value is -1.30. The van der Waals surface area contributed by atoms with Crippen molar-refractivity contribution in [2.24, 2.45) is 0 Å². The molecule has 104 valence electrons. The van der Waals surface area contributed by atoms with Crippen molar-refractivity contribution in [2.45, 2.75) is 24.9 Å². The molecule has 2 heterocycles. The third-order valence-electron chi connectivity index (χ3n) is 3.05. The van der Waals surface area contributed by atoms with Crippen LogP contribution in [0.2, 0.25) is 5.02 Å². The Balaban J connectivity index is 1.81. The number of halogens is 4. The van der Waals surface area contributed by atoms with Crippen LogP contribution >= 0.6 is 11.6 Å². The first-order valence-corrected chi connectivity index (χ1v) is 6.18. The molecule has 1 aliphatic heterocycles. The average Bonchev–Trinajstić information content (AvgIpc) is 2.23. The van der Waals surface area contributed by atoms with E-state index >= 15 is 0 Å². The van der Waals surface area contributed by atoms with Gasteiger partial charge in [0.1, 0.15) is 0 Å². The first kappa shape index (κ1) is 14.1. The number of carbonyl (C=O) groups is 1. The van der Waals surface area contributed by atoms with E-state index in [1.54, 1.807) is 12.3 Å². The van der Waals surface area contributed by atoms with Crippen LogP contribution in [0.15, 0.2) is 18.5 Å². The highest BCUT2D eigenvalue weighted by Gasteiger charge is 2.34. The van der Waals surface area contributed by atoms with Gasteiger partial charge in [-0.15, -0.1) is 0 Å². The Morgan fingerprint density at radius 2 is 2.11 bits per heavy atom. The highest BCUT2D eigenvalue weighted by Crippen LogP contribution is 2.29. The summed E-state index contributed by atoms with van der Waals surface area (Å²) in [6.07, 6.45) is -2.66. The van der Waals surface area contributed by atoms with Gasteiger partial charge in [-0.3, -0.25) is 9.78 Å². The van der Waals surface area contributed by atoms with Gasteiger partial charge in [0.05, 0.1) is 11.4 Å². The van der Waals surface area contributed by atoms with Gasteiger partial charge in [-0.1, -0.05) is 11.6 Å². The SMILES string of the molecule is O=C(CCC(F)(F)F)N1CC(c2cncc(Cl)c2)C1. The summed E-state index contributed by atoms with van der Waals surface area (Å²) < 4.78 is 36.0. The molecule has 7 heteroatoms. The van der Waals surface area contributed by atoms with E-state index in [1.807, 2.05) is 0 Å². The van der Waals surface area contributed by atoms with Crippen molar-refractivity contribution >= 4 is 17.5 Å². The van der Waals surface area contributed by atoms with E-state index in [9.17, 15) is 18.0 Å². The fourth-order valence-corrected chi connectivity index (χ4v) is 2.13. The van der Waals surface area contributed by atoms with Crippen molar-refractivity contribution < 1.29 is 18.0 Å². The molecule has 0 bridgehead atoms. The van der Waals surface area contributed by atoms with Gasteiger partial charge in [0.2, 0.25) is 5.91 Å². The zero-order chi connectivity index (χ0) is 14.0. The maximum atomic E-state index is 12.0. The molecule has 1 fully saturated rings. The van der Waals surface area contributed by atoms with Gasteiger partial charge >= 0.3 is 6.18 Å². The summed E-state index contributed by atoms with van der Waals surface area (Å²) in [4.78, 5) is 16.9. The lowest BCUT2D eigenvalue weighted by Gasteiger charge is -2.39. The van der Waals surface area contributed by atoms with Gasteiger partial charge in [-0.25, -0.2) is 0 Å². The van der Waals surface area contributed by atoms with Crippen molar-refractivity contribution in [3.05, 3.63) is 29.0 Å². The summed E-state index contributed by atoms with van der Waals surface area (Å²) in [6.45, 7) is 0.859. The van der Waals surface area contributed by atoms with E-state index in [0.717, 1.165) is 5.56 Å². The van der Waals surface area contributed by atoms with Gasteiger partial charge in [-0.2, -0.15) is 13.2 Å². The summed E-state index contributed by atoms with van der Waals surface area (Å²) in [5, 5.41) is 0.513. The summed E-state index contributed by atoms with van der Waals surface area (Å²) in [6, 6.07) is 1.76. The van der Waals surface area contributed by atoms with Crippen LogP contribution in [0.25, 0.3) is 0 Å². The van der Waals surface area contributed by atoms with Crippen molar-refractivity contribution in [3.63, 3.8) is 0 Å². The normalized spacial score (nSPS) is 16.3. The summed E-state index contributed by atoms with van der Waals surface area (Å²) >= 11 is 5.80. The fourth-order valence-electron chi connectivity index (χ4n) is 1.95. The molecule has 3 nitrogen and oxygen atoms in total. The minimum atomic E-state index is -4.28. The molecule has 2 rings (SSSR count). The number of rotatable bonds is 3. The molecular weight excluding hydrogens is 281 g/mol. The molecule has 0 unspecified atom stereocenters. The van der Waals surface area contributed by atoms with Crippen molar-refractivity contribution in [2.75, 3.05) is 13.1 Å². The monoisotopic (exact) mass is 292 g/mol. The van der Waals surface area contributed by atoms with E-state index in [4.69, 9.17) is 11.6 Å². The second-order valence-electron chi connectivity index (χ2n) is 4.55. The van der Waals surface area contributed by atoms with Gasteiger partial charge in [0, 0.05) is 37.8 Å². The molecule has 19 heavy (non-hydrogen) atoms. The Bertz CT molecular complexity index is 472. The lowest BCUT2D eigenvalue weighted by molar-refractivity contribution is -0.151. The number of amides is 1. The molecule has 0 radical (unpaired) electrons. The fraction of sp³-hybridized carbons (Fsp3) is 0.500. The third kappa shape index (κ3) is 3.83. The standard InChI is InChI=1S/C12H12ClF3N2O/c13-10-3-8(4-17-5-10)9-6-18(7-9)11(19)1-2-12(14,15)16/h3-5,9H,1-2,6-7H2. The Kier molecular flexibility index (Phi) is 3.99. The second-order valence-corrected chi connectivity index (χ2v) is 4.98. The second kappa shape index (κ2) is 5.36. The quantitative estimate of drug-likeness (QED) is 0.858. The van der Waals surface area contributed by atoms with E-state index in [-0.39, 0.29) is 5.92 Å². The molecule has 1 aliphatic rings. The number of alkyl halides is 3. The van der Waals surface area contributed by atoms with Crippen LogP contribution < -0.4 is 0 Å². The van der Waals surface area contributed by atoms with Gasteiger partial charge in [-0.05, 0) is 11.6 Å². The Morgan fingerprint density at radius 1 is 1.42 bits per heavy atom. The molecule has 1 aromatic heterocycles. The lowest BCUT2D eigenvalue weighted by atomic mass is 9.92. The van der Waals surface area contributed by atoms with Crippen LogP contribution in [0.4, 0.5) is 13.2 Å². The summed E-state index contributed by atoms with van der Waals surface area (Å²) in [7, 11) is 0. The van der Waals surface area contributed by atoms with Gasteiger partial charge in [0.25, 0.3) is 0 Å². The molecule has 1 saturated heterocycles. The number of likely N-dealkylation sites (tertiary alicyclic amines) is 1. The highest BCUT2D eigenvalue weighted by atomic mass is 35.5. The first-order chi connectivity index (χ1) is 8.85. The van der Waals surface area contributed by atoms with Crippen LogP contribution in [0.1, 0.15) is 24.3 Å². The average molecular weight is 293 g/mol. The van der Waals surface area contributed by atoms with Crippen LogP contribution in [-0.2, 0) is 4.79 Å². The zero-order valence-electron chi connectivity index (χ0n) is 9.95. The maximum absolute atomic E-state index is 12.0. The molecule has 0 N–H and O–H groups in total. The molecule has 1 amide bonds. The predicted molar refractivity (Wildman–Crippen MR) is 63.9 cm³/mol. The largest absolute Gasteiger partial charge is 0.389 e. The van der Waals surface area contributed by atoms with Crippen LogP contribution in [-0.4, -0.2) is 35.1 Å². The zero-order valence-corrected chi connectivity index (χ0v) is 10.7. The number of carbonyl (C=O) groups excluding carboxylic acids is 1. The molecule has 0 atom stereocenters. The summed E-state index contributed by atoms with van der Waals surface area (Å²) in [5.74, 6) is -0.343. The van der Waals surface area contributed by atoms with Gasteiger partial charge < -0.3 is 4.90 Å². The molecule has 1 aromatic rings. The molecule has 0 aromatic carbocycles. The third-order valence-corrected chi connectivity index (χ3v) is 3.26. The van der Waals surface area contributed by atoms with Crippen LogP contribution in [0.3, 0.4) is 0 Å².